The van der Waals surface area contributed by atoms with Crippen LogP contribution in [0.5, 0.6) is 0 Å². The Labute approximate surface area is 227 Å². The van der Waals surface area contributed by atoms with Crippen molar-refractivity contribution in [2.24, 2.45) is 0 Å². The van der Waals surface area contributed by atoms with Crippen LogP contribution in [-0.4, -0.2) is 66.0 Å². The molecule has 7 nitrogen and oxygen atoms in total. The quantitative estimate of drug-likeness (QED) is 0.315. The normalized spacial score (nSPS) is 13.6. The van der Waals surface area contributed by atoms with Crippen molar-refractivity contribution in [2.75, 3.05) is 44.6 Å². The number of nitrogens with one attached hydrogen (secondary N) is 2. The third-order valence-electron chi connectivity index (χ3n) is 6.95. The van der Waals surface area contributed by atoms with Crippen LogP contribution >= 0.6 is 11.3 Å². The molecule has 1 saturated heterocycles. The van der Waals surface area contributed by atoms with E-state index >= 15 is 0 Å². The zero-order valence-electron chi connectivity index (χ0n) is 21.4. The van der Waals surface area contributed by atoms with Gasteiger partial charge in [-0.3, -0.25) is 10.1 Å². The first kappa shape index (κ1) is 25.9. The molecule has 1 aliphatic heterocycles. The average molecular weight is 528 g/mol. The Morgan fingerprint density at radius 2 is 1.53 bits per heavy atom. The third-order valence-corrected chi connectivity index (χ3v) is 7.90. The minimum atomic E-state index is -0.225. The summed E-state index contributed by atoms with van der Waals surface area (Å²) < 4.78 is 1.02. The molecular weight excluding hydrogens is 494 g/mol. The van der Waals surface area contributed by atoms with Crippen molar-refractivity contribution in [3.05, 3.63) is 96.1 Å². The number of para-hydroxylation sites is 1. The average Bonchev–Trinajstić information content (AvgIpc) is 3.38. The van der Waals surface area contributed by atoms with E-state index in [-0.39, 0.29) is 17.9 Å². The molecule has 196 valence electrons. The molecule has 0 unspecified atom stereocenters. The van der Waals surface area contributed by atoms with Gasteiger partial charge in [-0.15, -0.1) is 0 Å². The Hall–Kier alpha value is -3.75. The van der Waals surface area contributed by atoms with Crippen molar-refractivity contribution in [1.82, 2.24) is 20.1 Å². The minimum Gasteiger partial charge on any atom is -0.340 e. The summed E-state index contributed by atoms with van der Waals surface area (Å²) in [5.41, 5.74) is 3.28. The van der Waals surface area contributed by atoms with Crippen molar-refractivity contribution >= 4 is 38.6 Å². The fourth-order valence-electron chi connectivity index (χ4n) is 4.90. The summed E-state index contributed by atoms with van der Waals surface area (Å²) in [6.45, 7) is 3.91. The van der Waals surface area contributed by atoms with Gasteiger partial charge in [0.15, 0.2) is 5.13 Å². The number of carbonyl (C=O) groups is 2. The van der Waals surface area contributed by atoms with Gasteiger partial charge in [-0.25, -0.2) is 9.78 Å². The van der Waals surface area contributed by atoms with Gasteiger partial charge in [0.2, 0.25) is 5.91 Å². The Morgan fingerprint density at radius 1 is 0.895 bits per heavy atom. The molecule has 1 aromatic heterocycles. The highest BCUT2D eigenvalue weighted by atomic mass is 32.1. The van der Waals surface area contributed by atoms with Gasteiger partial charge in [0.25, 0.3) is 0 Å². The predicted octanol–water partition coefficient (Wildman–Crippen LogP) is 5.17. The molecule has 0 bridgehead atoms. The van der Waals surface area contributed by atoms with Gasteiger partial charge in [-0.05, 0) is 29.7 Å². The maximum atomic E-state index is 13.5. The highest BCUT2D eigenvalue weighted by Gasteiger charge is 2.23. The van der Waals surface area contributed by atoms with Crippen LogP contribution < -0.4 is 10.6 Å². The molecular formula is C30H33N5O2S. The number of hydrogen-bond donors (Lipinski definition) is 2. The van der Waals surface area contributed by atoms with E-state index in [4.69, 9.17) is 0 Å². The molecule has 1 fully saturated rings. The molecule has 0 aliphatic carbocycles. The van der Waals surface area contributed by atoms with Crippen LogP contribution in [0.1, 0.15) is 29.9 Å². The van der Waals surface area contributed by atoms with Crippen LogP contribution in [0.25, 0.3) is 10.2 Å². The number of benzene rings is 3. The lowest BCUT2D eigenvalue weighted by atomic mass is 9.88. The number of anilines is 1. The Balaban J connectivity index is 1.32. The number of thiazole rings is 1. The second-order valence-electron chi connectivity index (χ2n) is 9.45. The van der Waals surface area contributed by atoms with E-state index in [1.807, 2.05) is 41.3 Å². The monoisotopic (exact) mass is 527 g/mol. The highest BCUT2D eigenvalue weighted by molar-refractivity contribution is 7.22. The summed E-state index contributed by atoms with van der Waals surface area (Å²) in [6.07, 6.45) is 1.04. The molecule has 1 aliphatic rings. The molecule has 3 aromatic carbocycles. The summed E-state index contributed by atoms with van der Waals surface area (Å²) in [5.74, 6) is 0.228. The first-order valence-electron chi connectivity index (χ1n) is 13.2. The first-order valence-corrected chi connectivity index (χ1v) is 14.0. The molecule has 5 rings (SSSR count). The van der Waals surface area contributed by atoms with E-state index in [1.165, 1.54) is 22.5 Å². The lowest BCUT2D eigenvalue weighted by Gasteiger charge is -2.29. The van der Waals surface area contributed by atoms with Gasteiger partial charge in [0, 0.05) is 51.6 Å². The van der Waals surface area contributed by atoms with Gasteiger partial charge >= 0.3 is 6.03 Å². The van der Waals surface area contributed by atoms with Crippen molar-refractivity contribution in [1.29, 1.82) is 0 Å². The molecule has 0 radical (unpaired) electrons. The van der Waals surface area contributed by atoms with Gasteiger partial charge < -0.3 is 15.1 Å². The maximum Gasteiger partial charge on any atom is 0.323 e. The van der Waals surface area contributed by atoms with Gasteiger partial charge in [0.1, 0.15) is 0 Å². The largest absolute Gasteiger partial charge is 0.340 e. The van der Waals surface area contributed by atoms with Crippen LogP contribution in [-0.2, 0) is 4.79 Å². The number of piperazine rings is 1. The van der Waals surface area contributed by atoms with E-state index < -0.39 is 0 Å². The number of rotatable bonds is 9. The van der Waals surface area contributed by atoms with Crippen LogP contribution in [0.4, 0.5) is 9.93 Å². The van der Waals surface area contributed by atoms with E-state index in [0.29, 0.717) is 37.7 Å². The maximum absolute atomic E-state index is 13.5. The fraction of sp³-hybridized carbons (Fsp3) is 0.300. The minimum absolute atomic E-state index is 0.0898. The Bertz CT molecular complexity index is 1270. The molecule has 8 heteroatoms. The van der Waals surface area contributed by atoms with E-state index in [1.54, 1.807) is 4.90 Å². The number of carbonyl (C=O) groups excluding carboxylic acids is 2. The summed E-state index contributed by atoms with van der Waals surface area (Å²) in [6, 6.07) is 28.4. The number of hydrogen-bond acceptors (Lipinski definition) is 5. The van der Waals surface area contributed by atoms with Crippen molar-refractivity contribution in [3.63, 3.8) is 0 Å². The lowest BCUT2D eigenvalue weighted by Crippen LogP contribution is -2.47. The molecule has 2 heterocycles. The zero-order chi connectivity index (χ0) is 26.2. The van der Waals surface area contributed by atoms with Crippen LogP contribution in [0.3, 0.4) is 0 Å². The SMILES string of the molecule is O=C(CCN(CCC(c1ccccc1)c1ccccc1)C(=O)Nc1nc2ccccc2s1)N1CCNCC1. The standard InChI is InChI=1S/C30H33N5O2S/c36-28(34-21-17-31-18-22-34)16-20-35(30(37)33-29-32-26-13-7-8-14-27(26)38-29)19-15-25(23-9-3-1-4-10-23)24-11-5-2-6-12-24/h1-14,25,31H,15-22H2,(H,32,33,37). The van der Waals surface area contributed by atoms with Crippen molar-refractivity contribution in [3.8, 4) is 0 Å². The molecule has 0 spiro atoms. The summed E-state index contributed by atoms with van der Waals surface area (Å²) in [5, 5.41) is 6.85. The molecule has 0 saturated carbocycles. The topological polar surface area (TPSA) is 77.6 Å². The smallest absolute Gasteiger partial charge is 0.323 e. The molecule has 3 amide bonds. The Kier molecular flexibility index (Phi) is 8.63. The molecule has 38 heavy (non-hydrogen) atoms. The number of aromatic nitrogens is 1. The number of amides is 3. The van der Waals surface area contributed by atoms with Crippen LogP contribution in [0.15, 0.2) is 84.9 Å². The summed E-state index contributed by atoms with van der Waals surface area (Å²) >= 11 is 1.46. The van der Waals surface area contributed by atoms with Crippen molar-refractivity contribution < 1.29 is 9.59 Å². The fourth-order valence-corrected chi connectivity index (χ4v) is 5.75. The number of fused-ring (bicyclic) bond motifs is 1. The van der Waals surface area contributed by atoms with Crippen LogP contribution in [0.2, 0.25) is 0 Å². The summed E-state index contributed by atoms with van der Waals surface area (Å²) in [4.78, 5) is 34.6. The lowest BCUT2D eigenvalue weighted by molar-refractivity contribution is -0.131. The van der Waals surface area contributed by atoms with Gasteiger partial charge in [-0.2, -0.15) is 0 Å². The van der Waals surface area contributed by atoms with Gasteiger partial charge in [-0.1, -0.05) is 84.1 Å². The van der Waals surface area contributed by atoms with E-state index in [2.05, 4.69) is 64.1 Å². The highest BCUT2D eigenvalue weighted by Crippen LogP contribution is 2.29. The zero-order valence-corrected chi connectivity index (χ0v) is 22.2. The second-order valence-corrected chi connectivity index (χ2v) is 10.5. The van der Waals surface area contributed by atoms with Gasteiger partial charge in [0.05, 0.1) is 10.2 Å². The molecule has 2 N–H and O–H groups in total. The van der Waals surface area contributed by atoms with Crippen LogP contribution in [0, 0.1) is 0 Å². The molecule has 4 aromatic rings. The number of nitrogens with zero attached hydrogens (tertiary/aromatic N) is 3. The predicted molar refractivity (Wildman–Crippen MR) is 154 cm³/mol. The molecule has 0 atom stereocenters. The van der Waals surface area contributed by atoms with E-state index in [0.717, 1.165) is 29.7 Å². The Morgan fingerprint density at radius 3 is 2.18 bits per heavy atom. The third kappa shape index (κ3) is 6.57. The van der Waals surface area contributed by atoms with E-state index in [9.17, 15) is 9.59 Å². The second kappa shape index (κ2) is 12.7. The van der Waals surface area contributed by atoms with Crippen molar-refractivity contribution in [2.45, 2.75) is 18.8 Å². The number of urea groups is 1. The summed E-state index contributed by atoms with van der Waals surface area (Å²) in [7, 11) is 0. The first-order chi connectivity index (χ1) is 18.7.